The lowest BCUT2D eigenvalue weighted by Gasteiger charge is -2.38. The molecule has 0 radical (unpaired) electrons. The average Bonchev–Trinajstić information content (AvgIpc) is 3.47. The lowest BCUT2D eigenvalue weighted by molar-refractivity contribution is 0.939. The normalized spacial score (nSPS) is 14.9. The summed E-state index contributed by atoms with van der Waals surface area (Å²) in [5.41, 5.74) is 19.3. The van der Waals surface area contributed by atoms with Crippen molar-refractivity contribution in [1.82, 2.24) is 9.97 Å². The number of rotatable bonds is 0. The van der Waals surface area contributed by atoms with Crippen LogP contribution < -0.4 is 4.90 Å². The summed E-state index contributed by atoms with van der Waals surface area (Å²) in [7, 11) is 0. The Labute approximate surface area is 203 Å². The van der Waals surface area contributed by atoms with E-state index in [-0.39, 0.29) is 0 Å². The fraction of sp³-hybridized carbons (Fsp3) is 0.125. The van der Waals surface area contributed by atoms with E-state index in [9.17, 15) is 0 Å². The third kappa shape index (κ3) is 2.21. The second-order valence-corrected chi connectivity index (χ2v) is 10.2. The van der Waals surface area contributed by atoms with Crippen LogP contribution in [0.1, 0.15) is 44.6 Å². The van der Waals surface area contributed by atoms with Crippen LogP contribution in [-0.4, -0.2) is 9.97 Å². The first-order valence-electron chi connectivity index (χ1n) is 12.4. The summed E-state index contributed by atoms with van der Waals surface area (Å²) in [5, 5.41) is 0. The summed E-state index contributed by atoms with van der Waals surface area (Å²) >= 11 is 0. The van der Waals surface area contributed by atoms with Crippen molar-refractivity contribution in [2.45, 2.75) is 25.7 Å². The Balaban J connectivity index is 1.31. The third-order valence-electron chi connectivity index (χ3n) is 8.43. The highest BCUT2D eigenvalue weighted by molar-refractivity contribution is 5.96. The largest absolute Gasteiger partial charge is 0.292 e. The van der Waals surface area contributed by atoms with Gasteiger partial charge in [-0.25, -0.2) is 4.98 Å². The highest BCUT2D eigenvalue weighted by Gasteiger charge is 2.37. The molecule has 0 unspecified atom stereocenters. The molecular weight excluding hydrogens is 426 g/mol. The van der Waals surface area contributed by atoms with Crippen LogP contribution in [0.25, 0.3) is 22.3 Å². The molecular formula is C32H21N3. The van der Waals surface area contributed by atoms with Gasteiger partial charge in [0.15, 0.2) is 0 Å². The van der Waals surface area contributed by atoms with Gasteiger partial charge < -0.3 is 0 Å². The van der Waals surface area contributed by atoms with Crippen molar-refractivity contribution in [3.63, 3.8) is 0 Å². The molecule has 4 heterocycles. The van der Waals surface area contributed by atoms with Crippen LogP contribution in [0.3, 0.4) is 0 Å². The van der Waals surface area contributed by atoms with Crippen molar-refractivity contribution in [3.8, 4) is 22.3 Å². The Morgan fingerprint density at radius 3 is 2.37 bits per heavy atom. The van der Waals surface area contributed by atoms with Crippen molar-refractivity contribution in [2.75, 3.05) is 4.90 Å². The van der Waals surface area contributed by atoms with Gasteiger partial charge in [-0.15, -0.1) is 0 Å². The van der Waals surface area contributed by atoms with Gasteiger partial charge in [-0.3, -0.25) is 9.88 Å². The zero-order valence-electron chi connectivity index (χ0n) is 19.2. The molecule has 4 aliphatic rings. The molecule has 35 heavy (non-hydrogen) atoms. The third-order valence-corrected chi connectivity index (χ3v) is 8.43. The molecule has 2 aliphatic heterocycles. The van der Waals surface area contributed by atoms with Gasteiger partial charge in [0.05, 0.1) is 17.1 Å². The highest BCUT2D eigenvalue weighted by atomic mass is 15.2. The Hall–Kier alpha value is -4.24. The molecule has 5 aromatic rings. The first kappa shape index (κ1) is 18.1. The van der Waals surface area contributed by atoms with Gasteiger partial charge in [-0.2, -0.15) is 0 Å². The van der Waals surface area contributed by atoms with E-state index in [2.05, 4.69) is 65.6 Å². The summed E-state index contributed by atoms with van der Waals surface area (Å²) in [5.74, 6) is 1.05. The van der Waals surface area contributed by atoms with Gasteiger partial charge in [-0.05, 0) is 86.7 Å². The SMILES string of the molecule is c1ccc2c(c1)Cc1ccc3c(c1-2)Cc1ccc2c(c1-3)Cc1ccnc3c1N2c1ncccc1C3. The van der Waals surface area contributed by atoms with E-state index in [0.29, 0.717) is 0 Å². The van der Waals surface area contributed by atoms with Gasteiger partial charge in [0.1, 0.15) is 5.82 Å². The van der Waals surface area contributed by atoms with Gasteiger partial charge in [-0.1, -0.05) is 48.5 Å². The summed E-state index contributed by atoms with van der Waals surface area (Å²) in [4.78, 5) is 12.0. The van der Waals surface area contributed by atoms with E-state index in [1.807, 2.05) is 18.5 Å². The quantitative estimate of drug-likeness (QED) is 0.253. The minimum Gasteiger partial charge on any atom is -0.292 e. The minimum atomic E-state index is 0.845. The Kier molecular flexibility index (Phi) is 3.24. The number of aromatic nitrogens is 2. The molecule has 0 saturated heterocycles. The van der Waals surface area contributed by atoms with Crippen LogP contribution in [-0.2, 0) is 25.7 Å². The molecule has 9 rings (SSSR count). The van der Waals surface area contributed by atoms with Gasteiger partial charge in [0.25, 0.3) is 0 Å². The zero-order chi connectivity index (χ0) is 22.7. The molecule has 0 bridgehead atoms. The number of hydrogen-bond acceptors (Lipinski definition) is 3. The Morgan fingerprint density at radius 1 is 0.543 bits per heavy atom. The molecule has 2 aliphatic carbocycles. The van der Waals surface area contributed by atoms with E-state index in [0.717, 1.165) is 37.2 Å². The maximum Gasteiger partial charge on any atom is 0.141 e. The molecule has 0 amide bonds. The standard InChI is InChI=1S/C32H21N3/c1-2-6-23-18(4-1)14-19-7-9-24-25(29(19)23)15-20-8-10-28-26(30(20)24)16-21-11-13-33-27-17-22-5-3-12-34-32(22)35(28)31(21)27/h1-13H,14-17H2. The number of nitrogens with zero attached hydrogens (tertiary/aromatic N) is 3. The maximum absolute atomic E-state index is 4.85. The van der Waals surface area contributed by atoms with Gasteiger partial charge in [0, 0.05) is 30.8 Å². The monoisotopic (exact) mass is 447 g/mol. The molecule has 0 fully saturated rings. The molecule has 0 N–H and O–H groups in total. The summed E-state index contributed by atoms with van der Waals surface area (Å²) in [6, 6.07) is 24.8. The Morgan fingerprint density at radius 2 is 1.37 bits per heavy atom. The topological polar surface area (TPSA) is 29.0 Å². The number of benzene rings is 3. The Bertz CT molecular complexity index is 1760. The molecule has 3 nitrogen and oxygen atoms in total. The second-order valence-electron chi connectivity index (χ2n) is 10.2. The van der Waals surface area contributed by atoms with Crippen molar-refractivity contribution >= 4 is 17.2 Å². The van der Waals surface area contributed by atoms with E-state index < -0.39 is 0 Å². The summed E-state index contributed by atoms with van der Waals surface area (Å²) in [6.07, 6.45) is 7.75. The van der Waals surface area contributed by atoms with Crippen molar-refractivity contribution in [3.05, 3.63) is 124 Å². The van der Waals surface area contributed by atoms with Crippen LogP contribution in [0, 0.1) is 0 Å². The van der Waals surface area contributed by atoms with Crippen LogP contribution >= 0.6 is 0 Å². The molecule has 2 aromatic heterocycles. The molecule has 0 saturated carbocycles. The number of hydrogen-bond donors (Lipinski definition) is 0. The van der Waals surface area contributed by atoms with Crippen molar-refractivity contribution in [1.29, 1.82) is 0 Å². The van der Waals surface area contributed by atoms with E-state index in [4.69, 9.17) is 9.97 Å². The molecule has 3 aromatic carbocycles. The maximum atomic E-state index is 4.85. The highest BCUT2D eigenvalue weighted by Crippen LogP contribution is 2.55. The number of anilines is 3. The van der Waals surface area contributed by atoms with Crippen LogP contribution in [0.15, 0.2) is 79.1 Å². The van der Waals surface area contributed by atoms with Crippen LogP contribution in [0.2, 0.25) is 0 Å². The predicted octanol–water partition coefficient (Wildman–Crippen LogP) is 6.90. The summed E-state index contributed by atoms with van der Waals surface area (Å²) in [6.45, 7) is 0. The smallest absolute Gasteiger partial charge is 0.141 e. The number of pyridine rings is 2. The van der Waals surface area contributed by atoms with E-state index in [1.54, 1.807) is 0 Å². The predicted molar refractivity (Wildman–Crippen MR) is 139 cm³/mol. The number of fused-ring (bicyclic) bond motifs is 12. The molecule has 3 heteroatoms. The van der Waals surface area contributed by atoms with E-state index in [1.165, 1.54) is 72.6 Å². The first-order valence-corrected chi connectivity index (χ1v) is 12.4. The second kappa shape index (κ2) is 6.25. The molecule has 164 valence electrons. The van der Waals surface area contributed by atoms with Gasteiger partial charge >= 0.3 is 0 Å². The van der Waals surface area contributed by atoms with Crippen molar-refractivity contribution < 1.29 is 0 Å². The van der Waals surface area contributed by atoms with Crippen LogP contribution in [0.4, 0.5) is 17.2 Å². The minimum absolute atomic E-state index is 0.845. The lowest BCUT2D eigenvalue weighted by Crippen LogP contribution is -2.26. The van der Waals surface area contributed by atoms with E-state index >= 15 is 0 Å². The van der Waals surface area contributed by atoms with Gasteiger partial charge in [0.2, 0.25) is 0 Å². The van der Waals surface area contributed by atoms with Crippen LogP contribution in [0.5, 0.6) is 0 Å². The fourth-order valence-electron chi connectivity index (χ4n) is 7.04. The zero-order valence-corrected chi connectivity index (χ0v) is 19.2. The lowest BCUT2D eigenvalue weighted by atomic mass is 9.86. The first-order chi connectivity index (χ1) is 17.3. The molecule has 0 spiro atoms. The molecule has 0 atom stereocenters. The fourth-order valence-corrected chi connectivity index (χ4v) is 7.04. The average molecular weight is 448 g/mol. The van der Waals surface area contributed by atoms with Crippen molar-refractivity contribution in [2.24, 2.45) is 0 Å². The summed E-state index contributed by atoms with van der Waals surface area (Å²) < 4.78 is 0.